The van der Waals surface area contributed by atoms with Gasteiger partial charge in [-0.1, -0.05) is 12.1 Å². The van der Waals surface area contributed by atoms with Gasteiger partial charge >= 0.3 is 5.97 Å². The summed E-state index contributed by atoms with van der Waals surface area (Å²) in [5.74, 6) is -0.869. The van der Waals surface area contributed by atoms with Gasteiger partial charge in [0.05, 0.1) is 11.5 Å². The first-order valence-electron chi connectivity index (χ1n) is 9.27. The fourth-order valence-corrected chi connectivity index (χ4v) is 2.63. The van der Waals surface area contributed by atoms with Crippen molar-refractivity contribution in [3.8, 4) is 0 Å². The summed E-state index contributed by atoms with van der Waals surface area (Å²) in [6.07, 6.45) is 4.92. The first-order valence-corrected chi connectivity index (χ1v) is 9.27. The van der Waals surface area contributed by atoms with Crippen LogP contribution in [0.5, 0.6) is 0 Å². The second kappa shape index (κ2) is 9.01. The van der Waals surface area contributed by atoms with Gasteiger partial charge in [-0.25, -0.2) is 4.79 Å². The number of hydrogen-bond donors (Lipinski definition) is 2. The summed E-state index contributed by atoms with van der Waals surface area (Å²) in [5.41, 5.74) is 1.80. The van der Waals surface area contributed by atoms with E-state index < -0.39 is 16.8 Å². The number of esters is 1. The van der Waals surface area contributed by atoms with E-state index in [-0.39, 0.29) is 17.3 Å². The maximum atomic E-state index is 12.5. The van der Waals surface area contributed by atoms with Gasteiger partial charge in [-0.15, -0.1) is 0 Å². The van der Waals surface area contributed by atoms with Crippen molar-refractivity contribution in [1.82, 2.24) is 0 Å². The van der Waals surface area contributed by atoms with Gasteiger partial charge in [0.1, 0.15) is 5.69 Å². The third kappa shape index (κ3) is 5.65. The van der Waals surface area contributed by atoms with Gasteiger partial charge in [-0.05, 0) is 55.7 Å². The zero-order chi connectivity index (χ0) is 20.8. The molecule has 0 heterocycles. The molecule has 2 aromatic rings. The van der Waals surface area contributed by atoms with Crippen molar-refractivity contribution in [2.45, 2.75) is 25.8 Å². The van der Waals surface area contributed by atoms with Crippen molar-refractivity contribution < 1.29 is 19.2 Å². The molecule has 0 aliphatic heterocycles. The monoisotopic (exact) mass is 395 g/mol. The summed E-state index contributed by atoms with van der Waals surface area (Å²) in [7, 11) is 0. The molecule has 1 aliphatic carbocycles. The van der Waals surface area contributed by atoms with E-state index in [4.69, 9.17) is 4.74 Å². The average Bonchev–Trinajstić information content (AvgIpc) is 3.52. The van der Waals surface area contributed by atoms with E-state index in [9.17, 15) is 19.7 Å². The SMILES string of the molecule is CCOC(=O)/C=C/c1ccc(NC(=O)c2ccc(NC3CC3)c([N+](=O)[O-])c2)cc1. The molecule has 3 rings (SSSR count). The molecule has 1 aliphatic rings. The molecule has 0 radical (unpaired) electrons. The van der Waals surface area contributed by atoms with Crippen LogP contribution in [0.15, 0.2) is 48.5 Å². The summed E-state index contributed by atoms with van der Waals surface area (Å²) >= 11 is 0. The van der Waals surface area contributed by atoms with E-state index >= 15 is 0 Å². The lowest BCUT2D eigenvalue weighted by Crippen LogP contribution is -2.13. The molecule has 2 N–H and O–H groups in total. The fraction of sp³-hybridized carbons (Fsp3) is 0.238. The van der Waals surface area contributed by atoms with Crippen LogP contribution < -0.4 is 10.6 Å². The van der Waals surface area contributed by atoms with Crippen molar-refractivity contribution in [2.24, 2.45) is 0 Å². The summed E-state index contributed by atoms with van der Waals surface area (Å²) in [4.78, 5) is 34.7. The predicted molar refractivity (Wildman–Crippen MR) is 110 cm³/mol. The molecule has 0 aromatic heterocycles. The molecule has 0 bridgehead atoms. The number of nitrogens with one attached hydrogen (secondary N) is 2. The minimum Gasteiger partial charge on any atom is -0.463 e. The molecule has 2 aromatic carbocycles. The smallest absolute Gasteiger partial charge is 0.330 e. The van der Waals surface area contributed by atoms with E-state index in [0.29, 0.717) is 18.0 Å². The second-order valence-corrected chi connectivity index (χ2v) is 6.57. The van der Waals surface area contributed by atoms with Crippen molar-refractivity contribution in [2.75, 3.05) is 17.2 Å². The Bertz CT molecular complexity index is 949. The molecule has 8 heteroatoms. The number of nitrogens with zero attached hydrogens (tertiary/aromatic N) is 1. The Morgan fingerprint density at radius 2 is 1.93 bits per heavy atom. The summed E-state index contributed by atoms with van der Waals surface area (Å²) in [6, 6.07) is 11.5. The van der Waals surface area contributed by atoms with Crippen LogP contribution in [0.4, 0.5) is 17.1 Å². The van der Waals surface area contributed by atoms with Crippen molar-refractivity contribution >= 4 is 35.0 Å². The number of carbonyl (C=O) groups is 2. The number of amides is 1. The van der Waals surface area contributed by atoms with Gasteiger partial charge in [-0.3, -0.25) is 14.9 Å². The third-order valence-corrected chi connectivity index (χ3v) is 4.26. The van der Waals surface area contributed by atoms with E-state index in [2.05, 4.69) is 10.6 Å². The summed E-state index contributed by atoms with van der Waals surface area (Å²) in [6.45, 7) is 2.04. The maximum absolute atomic E-state index is 12.5. The van der Waals surface area contributed by atoms with Gasteiger partial charge in [0.15, 0.2) is 0 Å². The molecule has 8 nitrogen and oxygen atoms in total. The Morgan fingerprint density at radius 3 is 2.55 bits per heavy atom. The van der Waals surface area contributed by atoms with Gasteiger partial charge < -0.3 is 15.4 Å². The highest BCUT2D eigenvalue weighted by atomic mass is 16.6. The Labute approximate surface area is 167 Å². The number of hydrogen-bond acceptors (Lipinski definition) is 6. The number of anilines is 2. The molecule has 1 amide bonds. The first-order chi connectivity index (χ1) is 14.0. The molecular weight excluding hydrogens is 374 g/mol. The molecule has 150 valence electrons. The Balaban J connectivity index is 1.67. The van der Waals surface area contributed by atoms with Crippen LogP contribution in [0.25, 0.3) is 6.08 Å². The number of carbonyl (C=O) groups excluding carboxylic acids is 2. The standard InChI is InChI=1S/C21H21N3O5/c1-2-29-20(25)12-5-14-3-7-17(8-4-14)23-21(26)15-6-11-18(22-16-9-10-16)19(13-15)24(27)28/h3-8,11-13,16,22H,2,9-10H2,1H3,(H,23,26)/b12-5+. The van der Waals surface area contributed by atoms with E-state index in [0.717, 1.165) is 18.4 Å². The van der Waals surface area contributed by atoms with Crippen molar-refractivity contribution in [1.29, 1.82) is 0 Å². The highest BCUT2D eigenvalue weighted by molar-refractivity contribution is 6.05. The molecule has 0 saturated heterocycles. The summed E-state index contributed by atoms with van der Waals surface area (Å²) < 4.78 is 4.81. The van der Waals surface area contributed by atoms with Crippen LogP contribution in [0.1, 0.15) is 35.7 Å². The van der Waals surface area contributed by atoms with Crippen LogP contribution in [0, 0.1) is 10.1 Å². The van der Waals surface area contributed by atoms with Crippen LogP contribution in [-0.4, -0.2) is 29.4 Å². The lowest BCUT2D eigenvalue weighted by Gasteiger charge is -2.09. The number of nitro benzene ring substituents is 1. The predicted octanol–water partition coefficient (Wildman–Crippen LogP) is 4.00. The molecule has 1 fully saturated rings. The van der Waals surface area contributed by atoms with Gasteiger partial charge in [0, 0.05) is 29.4 Å². The lowest BCUT2D eigenvalue weighted by atomic mass is 10.1. The Morgan fingerprint density at radius 1 is 1.21 bits per heavy atom. The quantitative estimate of drug-likeness (QED) is 0.303. The molecule has 0 spiro atoms. The second-order valence-electron chi connectivity index (χ2n) is 6.57. The van der Waals surface area contributed by atoms with Crippen molar-refractivity contribution in [3.05, 3.63) is 69.8 Å². The fourth-order valence-electron chi connectivity index (χ4n) is 2.63. The average molecular weight is 395 g/mol. The lowest BCUT2D eigenvalue weighted by molar-refractivity contribution is -0.384. The minimum absolute atomic E-state index is 0.121. The molecule has 0 unspecified atom stereocenters. The van der Waals surface area contributed by atoms with Crippen molar-refractivity contribution in [3.63, 3.8) is 0 Å². The van der Waals surface area contributed by atoms with E-state index in [1.54, 1.807) is 49.4 Å². The number of ether oxygens (including phenoxy) is 1. The minimum atomic E-state index is -0.494. The highest BCUT2D eigenvalue weighted by Gasteiger charge is 2.25. The van der Waals surface area contributed by atoms with Gasteiger partial charge in [0.2, 0.25) is 0 Å². The van der Waals surface area contributed by atoms with Crippen LogP contribution in [-0.2, 0) is 9.53 Å². The van der Waals surface area contributed by atoms with Crippen LogP contribution in [0.2, 0.25) is 0 Å². The maximum Gasteiger partial charge on any atom is 0.330 e. The summed E-state index contributed by atoms with van der Waals surface area (Å²) in [5, 5.41) is 17.2. The molecule has 29 heavy (non-hydrogen) atoms. The highest BCUT2D eigenvalue weighted by Crippen LogP contribution is 2.31. The number of nitro groups is 1. The van der Waals surface area contributed by atoms with E-state index in [1.807, 2.05) is 0 Å². The normalized spacial score (nSPS) is 13.1. The zero-order valence-corrected chi connectivity index (χ0v) is 15.9. The Kier molecular flexibility index (Phi) is 6.23. The molecule has 1 saturated carbocycles. The largest absolute Gasteiger partial charge is 0.463 e. The van der Waals surface area contributed by atoms with Crippen LogP contribution in [0.3, 0.4) is 0 Å². The first kappa shape index (κ1) is 20.1. The Hall–Kier alpha value is -3.68. The third-order valence-electron chi connectivity index (χ3n) is 4.26. The van der Waals surface area contributed by atoms with Gasteiger partial charge in [0.25, 0.3) is 11.6 Å². The van der Waals surface area contributed by atoms with E-state index in [1.165, 1.54) is 12.1 Å². The van der Waals surface area contributed by atoms with Crippen LogP contribution >= 0.6 is 0 Å². The van der Waals surface area contributed by atoms with Gasteiger partial charge in [-0.2, -0.15) is 0 Å². The number of rotatable bonds is 8. The molecule has 0 atom stereocenters. The topological polar surface area (TPSA) is 111 Å². The number of benzene rings is 2. The molecular formula is C21H21N3O5. The zero-order valence-electron chi connectivity index (χ0n) is 15.9.